The zero-order valence-electron chi connectivity index (χ0n) is 12.9. The number of hydrogen-bond acceptors (Lipinski definition) is 2. The van der Waals surface area contributed by atoms with Gasteiger partial charge in [0.25, 0.3) is 5.91 Å². The van der Waals surface area contributed by atoms with Gasteiger partial charge in [0.1, 0.15) is 0 Å². The monoisotopic (exact) mass is 334 g/mol. The molecule has 2 saturated heterocycles. The van der Waals surface area contributed by atoms with Gasteiger partial charge in [-0.1, -0.05) is 18.2 Å². The normalized spacial score (nSPS) is 26.0. The van der Waals surface area contributed by atoms with Gasteiger partial charge in [-0.3, -0.25) is 4.79 Å². The SMILES string of the molecule is O=C(N[C@@H]1C[C@H]2CC[C@@H]1N2)c1ccc2c(C(F)(F)F)cccc2c1. The van der Waals surface area contributed by atoms with Crippen LogP contribution in [0.2, 0.25) is 0 Å². The fourth-order valence-electron chi connectivity index (χ4n) is 3.91. The van der Waals surface area contributed by atoms with Crippen LogP contribution < -0.4 is 10.6 Å². The molecule has 2 fully saturated rings. The third-order valence-corrected chi connectivity index (χ3v) is 5.06. The number of alkyl halides is 3. The van der Waals surface area contributed by atoms with Crippen molar-refractivity contribution in [3.05, 3.63) is 47.5 Å². The van der Waals surface area contributed by atoms with Crippen molar-refractivity contribution >= 4 is 16.7 Å². The maximum Gasteiger partial charge on any atom is 0.417 e. The maximum absolute atomic E-state index is 13.0. The van der Waals surface area contributed by atoms with Crippen molar-refractivity contribution < 1.29 is 18.0 Å². The van der Waals surface area contributed by atoms with Crippen LogP contribution in [0.4, 0.5) is 13.2 Å². The van der Waals surface area contributed by atoms with Gasteiger partial charge in [0.15, 0.2) is 0 Å². The first-order chi connectivity index (χ1) is 11.4. The molecule has 3 atom stereocenters. The lowest BCUT2D eigenvalue weighted by Crippen LogP contribution is -2.42. The fourth-order valence-corrected chi connectivity index (χ4v) is 3.91. The molecular weight excluding hydrogens is 317 g/mol. The second-order valence-corrected chi connectivity index (χ2v) is 6.60. The van der Waals surface area contributed by atoms with Crippen molar-refractivity contribution in [2.24, 2.45) is 0 Å². The average molecular weight is 334 g/mol. The van der Waals surface area contributed by atoms with E-state index in [1.165, 1.54) is 24.3 Å². The zero-order valence-corrected chi connectivity index (χ0v) is 12.9. The Morgan fingerprint density at radius 3 is 2.67 bits per heavy atom. The molecule has 126 valence electrons. The van der Waals surface area contributed by atoms with E-state index in [4.69, 9.17) is 0 Å². The number of carbonyl (C=O) groups excluding carboxylic acids is 1. The van der Waals surface area contributed by atoms with Crippen molar-refractivity contribution in [1.82, 2.24) is 10.6 Å². The summed E-state index contributed by atoms with van der Waals surface area (Å²) in [6.07, 6.45) is -1.28. The summed E-state index contributed by atoms with van der Waals surface area (Å²) in [6.45, 7) is 0. The molecule has 24 heavy (non-hydrogen) atoms. The van der Waals surface area contributed by atoms with Crippen LogP contribution in [0.5, 0.6) is 0 Å². The Bertz CT molecular complexity index is 802. The van der Waals surface area contributed by atoms with Crippen LogP contribution in [0.25, 0.3) is 10.8 Å². The predicted molar refractivity (Wildman–Crippen MR) is 84.8 cm³/mol. The molecule has 1 amide bonds. The Kier molecular flexibility index (Phi) is 3.53. The van der Waals surface area contributed by atoms with Crippen LogP contribution in [0, 0.1) is 0 Å². The summed E-state index contributed by atoms with van der Waals surface area (Å²) in [7, 11) is 0. The molecular formula is C18H17F3N2O. The Labute approximate surface area is 137 Å². The van der Waals surface area contributed by atoms with Crippen molar-refractivity contribution in [3.8, 4) is 0 Å². The smallest absolute Gasteiger partial charge is 0.348 e. The van der Waals surface area contributed by atoms with Gasteiger partial charge in [0.2, 0.25) is 0 Å². The highest BCUT2D eigenvalue weighted by molar-refractivity contribution is 5.99. The van der Waals surface area contributed by atoms with Crippen molar-refractivity contribution in [2.45, 2.75) is 43.6 Å². The standard InChI is InChI=1S/C18H17F3N2O/c19-18(20,21)14-3-1-2-10-8-11(4-6-13(10)14)17(24)23-16-9-12-5-7-15(16)22-12/h1-4,6,8,12,15-16,22H,5,7,9H2,(H,23,24)/t12-,15+,16-/m1/s1. The molecule has 2 aromatic rings. The minimum atomic E-state index is -4.40. The van der Waals surface area contributed by atoms with Crippen molar-refractivity contribution in [2.75, 3.05) is 0 Å². The van der Waals surface area contributed by atoms with E-state index in [1.54, 1.807) is 6.07 Å². The first-order valence-corrected chi connectivity index (χ1v) is 8.09. The lowest BCUT2D eigenvalue weighted by molar-refractivity contribution is -0.136. The minimum absolute atomic E-state index is 0.105. The number of carbonyl (C=O) groups is 1. The molecule has 3 nitrogen and oxygen atoms in total. The van der Waals surface area contributed by atoms with Crippen molar-refractivity contribution in [3.63, 3.8) is 0 Å². The molecule has 2 heterocycles. The van der Waals surface area contributed by atoms with Gasteiger partial charge in [0.05, 0.1) is 5.56 Å². The van der Waals surface area contributed by atoms with Crippen LogP contribution in [-0.2, 0) is 6.18 Å². The van der Waals surface area contributed by atoms with Gasteiger partial charge in [0, 0.05) is 23.7 Å². The molecule has 2 aliphatic rings. The first kappa shape index (κ1) is 15.4. The number of hydrogen-bond donors (Lipinski definition) is 2. The number of amides is 1. The van der Waals surface area contributed by atoms with E-state index in [-0.39, 0.29) is 17.3 Å². The van der Waals surface area contributed by atoms with E-state index >= 15 is 0 Å². The maximum atomic E-state index is 13.0. The second-order valence-electron chi connectivity index (χ2n) is 6.60. The highest BCUT2D eigenvalue weighted by Crippen LogP contribution is 2.35. The Hall–Kier alpha value is -2.08. The van der Waals surface area contributed by atoms with Crippen LogP contribution in [0.15, 0.2) is 36.4 Å². The molecule has 6 heteroatoms. The van der Waals surface area contributed by atoms with Crippen molar-refractivity contribution in [1.29, 1.82) is 0 Å². The van der Waals surface area contributed by atoms with E-state index in [9.17, 15) is 18.0 Å². The molecule has 0 radical (unpaired) electrons. The summed E-state index contributed by atoms with van der Waals surface area (Å²) in [6, 6.07) is 9.30. The fraction of sp³-hybridized carbons (Fsp3) is 0.389. The van der Waals surface area contributed by atoms with Crippen LogP contribution >= 0.6 is 0 Å². The third kappa shape index (κ3) is 2.65. The van der Waals surface area contributed by atoms with Gasteiger partial charge in [-0.25, -0.2) is 0 Å². The molecule has 2 aromatic carbocycles. The van der Waals surface area contributed by atoms with Gasteiger partial charge in [-0.05, 0) is 48.2 Å². The predicted octanol–water partition coefficient (Wildman–Crippen LogP) is 3.48. The van der Waals surface area contributed by atoms with Crippen LogP contribution in [-0.4, -0.2) is 24.0 Å². The summed E-state index contributed by atoms with van der Waals surface area (Å²) in [5.74, 6) is -0.228. The number of rotatable bonds is 2. The first-order valence-electron chi connectivity index (χ1n) is 8.09. The van der Waals surface area contributed by atoms with E-state index in [0.29, 0.717) is 23.0 Å². The topological polar surface area (TPSA) is 41.1 Å². The summed E-state index contributed by atoms with van der Waals surface area (Å²) >= 11 is 0. The highest BCUT2D eigenvalue weighted by atomic mass is 19.4. The molecule has 2 N–H and O–H groups in total. The molecule has 0 spiro atoms. The van der Waals surface area contributed by atoms with Gasteiger partial charge >= 0.3 is 6.18 Å². The number of benzene rings is 2. The molecule has 0 aliphatic carbocycles. The largest absolute Gasteiger partial charge is 0.417 e. The Balaban J connectivity index is 1.60. The van der Waals surface area contributed by atoms with E-state index in [1.807, 2.05) is 0 Å². The Morgan fingerprint density at radius 2 is 2.00 bits per heavy atom. The number of nitrogens with one attached hydrogen (secondary N) is 2. The van der Waals surface area contributed by atoms with Gasteiger partial charge in [-0.2, -0.15) is 13.2 Å². The lowest BCUT2D eigenvalue weighted by Gasteiger charge is -2.21. The van der Waals surface area contributed by atoms with E-state index in [2.05, 4.69) is 10.6 Å². The molecule has 0 unspecified atom stereocenters. The molecule has 2 aliphatic heterocycles. The molecule has 0 saturated carbocycles. The molecule has 2 bridgehead atoms. The van der Waals surface area contributed by atoms with Crippen LogP contribution in [0.1, 0.15) is 35.2 Å². The molecule has 0 aromatic heterocycles. The second kappa shape index (κ2) is 5.48. The third-order valence-electron chi connectivity index (χ3n) is 5.06. The molecule has 4 rings (SSSR count). The zero-order chi connectivity index (χ0) is 16.9. The van der Waals surface area contributed by atoms with Gasteiger partial charge < -0.3 is 10.6 Å². The van der Waals surface area contributed by atoms with E-state index < -0.39 is 11.7 Å². The quantitative estimate of drug-likeness (QED) is 0.883. The van der Waals surface area contributed by atoms with E-state index in [0.717, 1.165) is 25.3 Å². The number of fused-ring (bicyclic) bond motifs is 3. The summed E-state index contributed by atoms with van der Waals surface area (Å²) in [4.78, 5) is 12.4. The summed E-state index contributed by atoms with van der Waals surface area (Å²) in [5.41, 5.74) is -0.283. The minimum Gasteiger partial charge on any atom is -0.348 e. The summed E-state index contributed by atoms with van der Waals surface area (Å²) in [5, 5.41) is 7.00. The lowest BCUT2D eigenvalue weighted by atomic mass is 9.95. The number of halogens is 3. The average Bonchev–Trinajstić information content (AvgIpc) is 3.15. The highest BCUT2D eigenvalue weighted by Gasteiger charge is 2.39. The summed E-state index contributed by atoms with van der Waals surface area (Å²) < 4.78 is 39.1. The van der Waals surface area contributed by atoms with Crippen LogP contribution in [0.3, 0.4) is 0 Å². The van der Waals surface area contributed by atoms with Gasteiger partial charge in [-0.15, -0.1) is 0 Å². The Morgan fingerprint density at radius 1 is 1.17 bits per heavy atom.